The van der Waals surface area contributed by atoms with E-state index in [1.54, 1.807) is 11.3 Å². The van der Waals surface area contributed by atoms with Crippen LogP contribution >= 0.6 is 11.3 Å². The maximum Gasteiger partial charge on any atom is 0.191 e. The summed E-state index contributed by atoms with van der Waals surface area (Å²) in [5.74, 6) is 0.873. The van der Waals surface area contributed by atoms with E-state index in [2.05, 4.69) is 49.8 Å². The van der Waals surface area contributed by atoms with E-state index < -0.39 is 0 Å². The Morgan fingerprint density at radius 1 is 1.35 bits per heavy atom. The fourth-order valence-electron chi connectivity index (χ4n) is 2.69. The first-order valence-electron chi connectivity index (χ1n) is 8.36. The summed E-state index contributed by atoms with van der Waals surface area (Å²) in [6.45, 7) is 10.7. The highest BCUT2D eigenvalue weighted by Gasteiger charge is 2.18. The number of piperazine rings is 1. The van der Waals surface area contributed by atoms with Gasteiger partial charge in [0, 0.05) is 64.2 Å². The highest BCUT2D eigenvalue weighted by molar-refractivity contribution is 7.09. The number of nitrogens with zero attached hydrogens (tertiary/aromatic N) is 4. The van der Waals surface area contributed by atoms with Gasteiger partial charge in [0.15, 0.2) is 5.96 Å². The lowest BCUT2D eigenvalue weighted by Gasteiger charge is -2.36. The smallest absolute Gasteiger partial charge is 0.191 e. The molecule has 1 unspecified atom stereocenters. The van der Waals surface area contributed by atoms with Crippen LogP contribution in [0.25, 0.3) is 0 Å². The normalized spacial score (nSPS) is 18.9. The van der Waals surface area contributed by atoms with Gasteiger partial charge in [-0.2, -0.15) is 0 Å². The highest BCUT2D eigenvalue weighted by atomic mass is 32.1. The van der Waals surface area contributed by atoms with Gasteiger partial charge in [-0.25, -0.2) is 4.98 Å². The monoisotopic (exact) mass is 338 g/mol. The lowest BCUT2D eigenvalue weighted by atomic mass is 10.2. The zero-order chi connectivity index (χ0) is 16.7. The van der Waals surface area contributed by atoms with E-state index in [9.17, 15) is 0 Å². The lowest BCUT2D eigenvalue weighted by Crippen LogP contribution is -2.52. The maximum absolute atomic E-state index is 4.48. The number of hydrogen-bond donors (Lipinski definition) is 2. The molecule has 0 aromatic carbocycles. The van der Waals surface area contributed by atoms with Gasteiger partial charge >= 0.3 is 0 Å². The molecule has 1 aromatic heterocycles. The van der Waals surface area contributed by atoms with Crippen molar-refractivity contribution in [3.8, 4) is 0 Å². The summed E-state index contributed by atoms with van der Waals surface area (Å²) in [6, 6.07) is 0.517. The van der Waals surface area contributed by atoms with Crippen molar-refractivity contribution in [1.29, 1.82) is 0 Å². The van der Waals surface area contributed by atoms with Crippen molar-refractivity contribution in [2.75, 3.05) is 53.4 Å². The predicted molar refractivity (Wildman–Crippen MR) is 98.5 cm³/mol. The van der Waals surface area contributed by atoms with Crippen LogP contribution in [-0.2, 0) is 6.42 Å². The molecule has 1 aliphatic heterocycles. The van der Waals surface area contributed by atoms with Crippen molar-refractivity contribution in [1.82, 2.24) is 25.4 Å². The van der Waals surface area contributed by atoms with Crippen LogP contribution in [0.3, 0.4) is 0 Å². The van der Waals surface area contributed by atoms with E-state index >= 15 is 0 Å². The molecule has 1 saturated heterocycles. The zero-order valence-electron chi connectivity index (χ0n) is 14.8. The molecule has 0 bridgehead atoms. The number of aliphatic imine (C=N–C) groups is 1. The molecular weight excluding hydrogens is 308 g/mol. The van der Waals surface area contributed by atoms with Crippen molar-refractivity contribution in [3.05, 3.63) is 16.1 Å². The number of aromatic nitrogens is 1. The summed E-state index contributed by atoms with van der Waals surface area (Å²) in [4.78, 5) is 13.7. The topological polar surface area (TPSA) is 55.8 Å². The molecule has 7 heteroatoms. The second kappa shape index (κ2) is 9.20. The van der Waals surface area contributed by atoms with Crippen LogP contribution in [0.15, 0.2) is 10.4 Å². The minimum Gasteiger partial charge on any atom is -0.356 e. The molecule has 2 heterocycles. The molecule has 6 nitrogen and oxygen atoms in total. The molecule has 0 aliphatic carbocycles. The van der Waals surface area contributed by atoms with Gasteiger partial charge in [-0.3, -0.25) is 9.89 Å². The minimum absolute atomic E-state index is 0.517. The third-order valence-corrected chi connectivity index (χ3v) is 5.11. The summed E-state index contributed by atoms with van der Waals surface area (Å²) in [5.41, 5.74) is 1.15. The Morgan fingerprint density at radius 3 is 2.70 bits per heavy atom. The van der Waals surface area contributed by atoms with Gasteiger partial charge in [0.2, 0.25) is 0 Å². The Morgan fingerprint density at radius 2 is 2.09 bits per heavy atom. The molecule has 0 spiro atoms. The number of hydrogen-bond acceptors (Lipinski definition) is 5. The fraction of sp³-hybridized carbons (Fsp3) is 0.750. The zero-order valence-corrected chi connectivity index (χ0v) is 15.6. The Hall–Kier alpha value is -1.18. The minimum atomic E-state index is 0.517. The van der Waals surface area contributed by atoms with E-state index in [-0.39, 0.29) is 0 Å². The average molecular weight is 339 g/mol. The molecule has 0 radical (unpaired) electrons. The van der Waals surface area contributed by atoms with E-state index in [0.29, 0.717) is 6.04 Å². The Balaban J connectivity index is 1.66. The van der Waals surface area contributed by atoms with Crippen LogP contribution in [0.1, 0.15) is 17.6 Å². The SMILES string of the molecule is CN=C(NCCc1csc(C)n1)NCC(C)N1CCN(C)CC1. The van der Waals surface area contributed by atoms with Gasteiger partial charge in [-0.05, 0) is 20.9 Å². The number of nitrogens with one attached hydrogen (secondary N) is 2. The molecule has 2 N–H and O–H groups in total. The van der Waals surface area contributed by atoms with Gasteiger partial charge in [0.05, 0.1) is 10.7 Å². The van der Waals surface area contributed by atoms with Crippen LogP contribution < -0.4 is 10.6 Å². The van der Waals surface area contributed by atoms with Crippen molar-refractivity contribution in [2.45, 2.75) is 26.3 Å². The molecule has 1 aliphatic rings. The largest absolute Gasteiger partial charge is 0.356 e. The van der Waals surface area contributed by atoms with Crippen molar-refractivity contribution < 1.29 is 0 Å². The Bertz CT molecular complexity index is 493. The van der Waals surface area contributed by atoms with Crippen LogP contribution in [0.4, 0.5) is 0 Å². The summed E-state index contributed by atoms with van der Waals surface area (Å²) in [5, 5.41) is 10.1. The second-order valence-electron chi connectivity index (χ2n) is 6.18. The summed E-state index contributed by atoms with van der Waals surface area (Å²) in [7, 11) is 4.01. The molecule has 1 atom stereocenters. The van der Waals surface area contributed by atoms with Crippen molar-refractivity contribution in [3.63, 3.8) is 0 Å². The van der Waals surface area contributed by atoms with Gasteiger partial charge in [0.25, 0.3) is 0 Å². The molecule has 0 saturated carbocycles. The van der Waals surface area contributed by atoms with Gasteiger partial charge in [0.1, 0.15) is 0 Å². The third-order valence-electron chi connectivity index (χ3n) is 4.29. The van der Waals surface area contributed by atoms with Crippen LogP contribution in [-0.4, -0.2) is 80.1 Å². The number of aryl methyl sites for hydroxylation is 1. The standard InChI is InChI=1S/C16H30N6S/c1-13(22-9-7-21(4)8-10-22)11-19-16(17-3)18-6-5-15-12-23-14(2)20-15/h12-13H,5-11H2,1-4H3,(H2,17,18,19). The first-order valence-corrected chi connectivity index (χ1v) is 9.24. The second-order valence-corrected chi connectivity index (χ2v) is 7.24. The van der Waals surface area contributed by atoms with E-state index in [4.69, 9.17) is 0 Å². The predicted octanol–water partition coefficient (Wildman–Crippen LogP) is 0.795. The van der Waals surface area contributed by atoms with Crippen LogP contribution in [0, 0.1) is 6.92 Å². The Kier molecular flexibility index (Phi) is 7.26. The van der Waals surface area contributed by atoms with E-state index in [1.807, 2.05) is 14.0 Å². The summed E-state index contributed by atoms with van der Waals surface area (Å²) >= 11 is 1.71. The molecular formula is C16H30N6S. The summed E-state index contributed by atoms with van der Waals surface area (Å²) in [6.07, 6.45) is 0.930. The summed E-state index contributed by atoms with van der Waals surface area (Å²) < 4.78 is 0. The highest BCUT2D eigenvalue weighted by Crippen LogP contribution is 2.07. The van der Waals surface area contributed by atoms with Gasteiger partial charge < -0.3 is 15.5 Å². The molecule has 1 aromatic rings. The number of rotatable bonds is 6. The number of thiazole rings is 1. The molecule has 130 valence electrons. The number of guanidine groups is 1. The van der Waals surface area contributed by atoms with Gasteiger partial charge in [-0.15, -0.1) is 11.3 Å². The number of likely N-dealkylation sites (N-methyl/N-ethyl adjacent to an activating group) is 1. The molecule has 2 rings (SSSR count). The molecule has 0 amide bonds. The average Bonchev–Trinajstić information content (AvgIpc) is 2.96. The van der Waals surface area contributed by atoms with Crippen molar-refractivity contribution in [2.24, 2.45) is 4.99 Å². The lowest BCUT2D eigenvalue weighted by molar-refractivity contribution is 0.120. The van der Waals surface area contributed by atoms with E-state index in [1.165, 1.54) is 0 Å². The van der Waals surface area contributed by atoms with Crippen LogP contribution in [0.2, 0.25) is 0 Å². The molecule has 1 fully saturated rings. The van der Waals surface area contributed by atoms with E-state index in [0.717, 1.165) is 62.4 Å². The van der Waals surface area contributed by atoms with Gasteiger partial charge in [-0.1, -0.05) is 0 Å². The third kappa shape index (κ3) is 6.08. The Labute approximate surface area is 144 Å². The fourth-order valence-corrected chi connectivity index (χ4v) is 3.34. The maximum atomic E-state index is 4.48. The van der Waals surface area contributed by atoms with Crippen molar-refractivity contribution >= 4 is 17.3 Å². The first kappa shape index (κ1) is 18.2. The quantitative estimate of drug-likeness (QED) is 0.593. The van der Waals surface area contributed by atoms with Crippen LogP contribution in [0.5, 0.6) is 0 Å². The first-order chi connectivity index (χ1) is 11.1. The molecule has 23 heavy (non-hydrogen) atoms.